The molecule has 0 unspecified atom stereocenters. The fourth-order valence-corrected chi connectivity index (χ4v) is 4.15. The van der Waals surface area contributed by atoms with Crippen LogP contribution in [0.25, 0.3) is 0 Å². The van der Waals surface area contributed by atoms with E-state index in [1.807, 2.05) is 16.7 Å². The molecule has 1 amide bonds. The Kier molecular flexibility index (Phi) is 9.19. The van der Waals surface area contributed by atoms with Gasteiger partial charge in [-0.25, -0.2) is 0 Å². The first-order chi connectivity index (χ1) is 16.3. The molecule has 1 heterocycles. The zero-order valence-corrected chi connectivity index (χ0v) is 21.5. The zero-order chi connectivity index (χ0) is 24.6. The molecular weight excluding hydrogens is 468 g/mol. The Hall–Kier alpha value is -2.77. The number of nitrogens with one attached hydrogen (secondary N) is 1. The number of amides is 1. The lowest BCUT2D eigenvalue weighted by atomic mass is 9.87. The van der Waals surface area contributed by atoms with Crippen molar-refractivity contribution >= 4 is 35.0 Å². The maximum absolute atomic E-state index is 12.3. The average molecular weight is 499 g/mol. The monoisotopic (exact) mass is 498 g/mol. The summed E-state index contributed by atoms with van der Waals surface area (Å²) in [5.41, 5.74) is 2.11. The minimum Gasteiger partial charge on any atom is -0.494 e. The highest BCUT2D eigenvalue weighted by Gasteiger charge is 2.15. The number of benzene rings is 2. The van der Waals surface area contributed by atoms with Gasteiger partial charge in [0.15, 0.2) is 5.16 Å². The molecule has 0 saturated carbocycles. The average Bonchev–Trinajstić information content (AvgIpc) is 3.18. The summed E-state index contributed by atoms with van der Waals surface area (Å²) in [7, 11) is 0. The second kappa shape index (κ2) is 12.1. The summed E-state index contributed by atoms with van der Waals surface area (Å²) in [4.78, 5) is 12.3. The van der Waals surface area contributed by atoms with E-state index in [1.54, 1.807) is 30.3 Å². The van der Waals surface area contributed by atoms with Gasteiger partial charge in [0, 0.05) is 23.7 Å². The van der Waals surface area contributed by atoms with Gasteiger partial charge in [-0.2, -0.15) is 0 Å². The van der Waals surface area contributed by atoms with Crippen LogP contribution < -0.4 is 10.1 Å². The third-order valence-electron chi connectivity index (χ3n) is 5.10. The number of rotatable bonds is 11. The van der Waals surface area contributed by atoms with Crippen molar-refractivity contribution in [1.29, 1.82) is 0 Å². The fourth-order valence-electron chi connectivity index (χ4n) is 3.26. The number of anilines is 1. The van der Waals surface area contributed by atoms with Crippen LogP contribution in [0.5, 0.6) is 5.75 Å². The highest BCUT2D eigenvalue weighted by Crippen LogP contribution is 2.24. The molecule has 1 aromatic heterocycles. The first-order valence-electron chi connectivity index (χ1n) is 11.2. The van der Waals surface area contributed by atoms with Crippen molar-refractivity contribution in [3.05, 3.63) is 77.6 Å². The molecule has 1 N–H and O–H groups in total. The van der Waals surface area contributed by atoms with Crippen molar-refractivity contribution in [3.63, 3.8) is 0 Å². The molecule has 180 valence electrons. The van der Waals surface area contributed by atoms with Crippen molar-refractivity contribution in [2.45, 2.75) is 50.7 Å². The number of hydrogen-bond acceptors (Lipinski definition) is 5. The summed E-state index contributed by atoms with van der Waals surface area (Å²) in [6, 6.07) is 15.3. The van der Waals surface area contributed by atoms with Crippen LogP contribution in [0.2, 0.25) is 5.02 Å². The summed E-state index contributed by atoms with van der Waals surface area (Å²) in [6.07, 6.45) is 3.33. The second-order valence-corrected chi connectivity index (χ2v) is 10.2. The lowest BCUT2D eigenvalue weighted by molar-refractivity contribution is -0.113. The molecule has 3 rings (SSSR count). The van der Waals surface area contributed by atoms with Gasteiger partial charge in [-0.1, -0.05) is 62.3 Å². The maximum atomic E-state index is 12.3. The van der Waals surface area contributed by atoms with Crippen LogP contribution in [0, 0.1) is 0 Å². The molecule has 8 heteroatoms. The van der Waals surface area contributed by atoms with E-state index in [1.165, 1.54) is 17.3 Å². The van der Waals surface area contributed by atoms with Gasteiger partial charge in [0.25, 0.3) is 0 Å². The third-order valence-corrected chi connectivity index (χ3v) is 6.32. The van der Waals surface area contributed by atoms with E-state index in [0.29, 0.717) is 29.0 Å². The van der Waals surface area contributed by atoms with Gasteiger partial charge < -0.3 is 14.6 Å². The van der Waals surface area contributed by atoms with Crippen LogP contribution in [-0.4, -0.2) is 33.0 Å². The van der Waals surface area contributed by atoms with Gasteiger partial charge >= 0.3 is 0 Å². The second-order valence-electron chi connectivity index (χ2n) is 8.87. The number of halogens is 1. The largest absolute Gasteiger partial charge is 0.494 e. The lowest BCUT2D eigenvalue weighted by Gasteiger charge is -2.19. The van der Waals surface area contributed by atoms with E-state index in [9.17, 15) is 4.79 Å². The van der Waals surface area contributed by atoms with Crippen LogP contribution in [0.4, 0.5) is 5.69 Å². The molecule has 0 radical (unpaired) electrons. The summed E-state index contributed by atoms with van der Waals surface area (Å²) in [5, 5.41) is 12.8. The van der Waals surface area contributed by atoms with Crippen molar-refractivity contribution in [1.82, 2.24) is 14.8 Å². The topological polar surface area (TPSA) is 69.0 Å². The van der Waals surface area contributed by atoms with E-state index < -0.39 is 0 Å². The lowest BCUT2D eigenvalue weighted by Crippen LogP contribution is -2.14. The van der Waals surface area contributed by atoms with Crippen LogP contribution in [0.15, 0.2) is 66.3 Å². The van der Waals surface area contributed by atoms with E-state index in [4.69, 9.17) is 16.3 Å². The minimum atomic E-state index is -0.118. The molecule has 0 bridgehead atoms. The molecule has 0 spiro atoms. The first-order valence-corrected chi connectivity index (χ1v) is 12.6. The maximum Gasteiger partial charge on any atom is 0.234 e. The number of aromatic nitrogens is 3. The van der Waals surface area contributed by atoms with Crippen molar-refractivity contribution in [3.8, 4) is 5.75 Å². The van der Waals surface area contributed by atoms with Crippen LogP contribution in [-0.2, 0) is 23.2 Å². The van der Waals surface area contributed by atoms with Crippen LogP contribution in [0.3, 0.4) is 0 Å². The molecule has 0 fully saturated rings. The molecular formula is C26H31ClN4O2S. The Balaban J connectivity index is 1.49. The molecule has 3 aromatic rings. The van der Waals surface area contributed by atoms with Crippen molar-refractivity contribution < 1.29 is 9.53 Å². The molecule has 0 aliphatic heterocycles. The SMILES string of the molecule is C=CCn1c(CCCOc2ccc(C(C)(C)C)cc2)nnc1SCC(=O)Nc1ccc(Cl)cc1. The van der Waals surface area contributed by atoms with Gasteiger partial charge in [0.05, 0.1) is 12.4 Å². The molecule has 0 saturated heterocycles. The van der Waals surface area contributed by atoms with E-state index >= 15 is 0 Å². The minimum absolute atomic E-state index is 0.118. The van der Waals surface area contributed by atoms with Crippen LogP contribution in [0.1, 0.15) is 38.6 Å². The number of hydrogen-bond donors (Lipinski definition) is 1. The number of aryl methyl sites for hydroxylation is 1. The van der Waals surface area contributed by atoms with Gasteiger partial charge in [-0.3, -0.25) is 4.79 Å². The van der Waals surface area contributed by atoms with Gasteiger partial charge in [0.1, 0.15) is 11.6 Å². The summed E-state index contributed by atoms with van der Waals surface area (Å²) in [6.45, 7) is 11.6. The Labute approximate surface area is 210 Å². The number of thioether (sulfide) groups is 1. The van der Waals surface area contributed by atoms with Gasteiger partial charge in [-0.15, -0.1) is 16.8 Å². The van der Waals surface area contributed by atoms with Gasteiger partial charge in [-0.05, 0) is 53.8 Å². The van der Waals surface area contributed by atoms with E-state index in [2.05, 4.69) is 55.0 Å². The van der Waals surface area contributed by atoms with Crippen LogP contribution >= 0.6 is 23.4 Å². The number of nitrogens with zero attached hydrogens (tertiary/aromatic N) is 3. The number of carbonyl (C=O) groups excluding carboxylic acids is 1. The number of allylic oxidation sites excluding steroid dienone is 1. The van der Waals surface area contributed by atoms with E-state index in [-0.39, 0.29) is 17.1 Å². The fraction of sp³-hybridized carbons (Fsp3) is 0.346. The third kappa shape index (κ3) is 7.64. The number of ether oxygens (including phenoxy) is 1. The smallest absolute Gasteiger partial charge is 0.234 e. The first kappa shape index (κ1) is 25.8. The summed E-state index contributed by atoms with van der Waals surface area (Å²) < 4.78 is 7.89. The molecule has 0 aliphatic carbocycles. The highest BCUT2D eigenvalue weighted by atomic mass is 35.5. The standard InChI is InChI=1S/C26H31ClN4O2S/c1-5-16-31-23(7-6-17-33-22-14-8-19(9-15-22)26(2,3)4)29-30-25(31)34-18-24(32)28-21-12-10-20(27)11-13-21/h5,8-15H,1,6-7,16-18H2,2-4H3,(H,28,32). The predicted octanol–water partition coefficient (Wildman–Crippen LogP) is 6.16. The zero-order valence-electron chi connectivity index (χ0n) is 19.9. The molecule has 0 atom stereocenters. The predicted molar refractivity (Wildman–Crippen MR) is 140 cm³/mol. The summed E-state index contributed by atoms with van der Waals surface area (Å²) >= 11 is 7.23. The highest BCUT2D eigenvalue weighted by molar-refractivity contribution is 7.99. The Bertz CT molecular complexity index is 1090. The quantitative estimate of drug-likeness (QED) is 0.195. The summed E-state index contributed by atoms with van der Waals surface area (Å²) in [5.74, 6) is 1.83. The Morgan fingerprint density at radius 2 is 1.85 bits per heavy atom. The normalized spacial score (nSPS) is 11.3. The van der Waals surface area contributed by atoms with Crippen molar-refractivity contribution in [2.75, 3.05) is 17.7 Å². The number of carbonyl (C=O) groups is 1. The molecule has 0 aliphatic rings. The molecule has 2 aromatic carbocycles. The molecule has 34 heavy (non-hydrogen) atoms. The Morgan fingerprint density at radius 3 is 2.50 bits per heavy atom. The molecule has 6 nitrogen and oxygen atoms in total. The van der Waals surface area contributed by atoms with E-state index in [0.717, 1.165) is 24.4 Å². The Morgan fingerprint density at radius 1 is 1.15 bits per heavy atom. The van der Waals surface area contributed by atoms with Gasteiger partial charge in [0.2, 0.25) is 5.91 Å². The van der Waals surface area contributed by atoms with Crippen molar-refractivity contribution in [2.24, 2.45) is 0 Å².